The van der Waals surface area contributed by atoms with Gasteiger partial charge in [-0.05, 0) is 28.8 Å². The van der Waals surface area contributed by atoms with E-state index in [9.17, 15) is 15.0 Å². The summed E-state index contributed by atoms with van der Waals surface area (Å²) in [6.07, 6.45) is 0. The Hall–Kier alpha value is -3.86. The van der Waals surface area contributed by atoms with Crippen molar-refractivity contribution in [3.05, 3.63) is 90.1 Å². The molecule has 0 amide bonds. The topological polar surface area (TPSA) is 79.7 Å². The van der Waals surface area contributed by atoms with Crippen LogP contribution < -0.4 is 4.74 Å². The van der Waals surface area contributed by atoms with Crippen LogP contribution in [0, 0.1) is 0 Å². The van der Waals surface area contributed by atoms with Gasteiger partial charge in [0.25, 0.3) is 0 Å². The Labute approximate surface area is 161 Å². The molecule has 0 radical (unpaired) electrons. The van der Waals surface area contributed by atoms with Crippen LogP contribution in [0.25, 0.3) is 22.0 Å². The van der Waals surface area contributed by atoms with Gasteiger partial charge in [0, 0.05) is 6.07 Å². The standard InChI is InChI=1S/C23H17NO4/c25-19-13-18(23(26)27)24-22-20(28-14-15-7-3-1-4-8-15)12-11-17(21(19)22)16-9-5-2-6-10-16/h1-13H,14H2,(H,24,25)(H,26,27). The number of nitrogens with zero attached hydrogens (tertiary/aromatic N) is 1. The van der Waals surface area contributed by atoms with E-state index in [0.717, 1.165) is 22.8 Å². The minimum Gasteiger partial charge on any atom is -0.507 e. The molecule has 138 valence electrons. The van der Waals surface area contributed by atoms with Gasteiger partial charge in [-0.2, -0.15) is 0 Å². The number of hydrogen-bond acceptors (Lipinski definition) is 4. The van der Waals surface area contributed by atoms with E-state index in [0.29, 0.717) is 23.3 Å². The van der Waals surface area contributed by atoms with Gasteiger partial charge in [0.2, 0.25) is 0 Å². The third-order valence-corrected chi connectivity index (χ3v) is 4.44. The van der Waals surface area contributed by atoms with Crippen LogP contribution in [0.5, 0.6) is 11.5 Å². The van der Waals surface area contributed by atoms with Crippen LogP contribution in [0.2, 0.25) is 0 Å². The summed E-state index contributed by atoms with van der Waals surface area (Å²) in [6, 6.07) is 24.0. The molecule has 5 heteroatoms. The minimum atomic E-state index is -1.21. The van der Waals surface area contributed by atoms with Crippen LogP contribution in [-0.2, 0) is 6.61 Å². The highest BCUT2D eigenvalue weighted by Gasteiger charge is 2.18. The van der Waals surface area contributed by atoms with Crippen molar-refractivity contribution in [3.63, 3.8) is 0 Å². The first kappa shape index (κ1) is 17.5. The molecule has 4 aromatic rings. The molecule has 1 aromatic heterocycles. The lowest BCUT2D eigenvalue weighted by atomic mass is 9.99. The number of pyridine rings is 1. The van der Waals surface area contributed by atoms with Gasteiger partial charge in [0.1, 0.15) is 23.6 Å². The summed E-state index contributed by atoms with van der Waals surface area (Å²) in [4.78, 5) is 15.7. The number of hydrogen-bond donors (Lipinski definition) is 2. The SMILES string of the molecule is O=C(O)c1cc(O)c2c(-c3ccccc3)ccc(OCc3ccccc3)c2n1. The van der Waals surface area contributed by atoms with Crippen LogP contribution in [0.15, 0.2) is 78.9 Å². The highest BCUT2D eigenvalue weighted by atomic mass is 16.5. The second kappa shape index (κ2) is 7.40. The molecular formula is C23H17NO4. The van der Waals surface area contributed by atoms with Crippen molar-refractivity contribution in [3.8, 4) is 22.6 Å². The quantitative estimate of drug-likeness (QED) is 0.522. The number of carboxylic acid groups (broad SMARTS) is 1. The van der Waals surface area contributed by atoms with Crippen molar-refractivity contribution in [2.24, 2.45) is 0 Å². The van der Waals surface area contributed by atoms with E-state index >= 15 is 0 Å². The number of rotatable bonds is 5. The summed E-state index contributed by atoms with van der Waals surface area (Å²) >= 11 is 0. The molecule has 0 aliphatic carbocycles. The van der Waals surface area contributed by atoms with E-state index in [4.69, 9.17) is 4.74 Å². The summed E-state index contributed by atoms with van der Waals surface area (Å²) in [7, 11) is 0. The molecule has 28 heavy (non-hydrogen) atoms. The molecule has 0 aliphatic heterocycles. The molecular weight excluding hydrogens is 354 g/mol. The van der Waals surface area contributed by atoms with Gasteiger partial charge in [-0.25, -0.2) is 9.78 Å². The minimum absolute atomic E-state index is 0.147. The predicted molar refractivity (Wildman–Crippen MR) is 107 cm³/mol. The van der Waals surface area contributed by atoms with Gasteiger partial charge in [-0.1, -0.05) is 60.7 Å². The fraction of sp³-hybridized carbons (Fsp3) is 0.0435. The molecule has 0 bridgehead atoms. The van der Waals surface area contributed by atoms with Gasteiger partial charge in [-0.15, -0.1) is 0 Å². The first-order valence-corrected chi connectivity index (χ1v) is 8.75. The Kier molecular flexibility index (Phi) is 4.64. The van der Waals surface area contributed by atoms with Gasteiger partial charge in [0.05, 0.1) is 5.39 Å². The van der Waals surface area contributed by atoms with Gasteiger partial charge in [-0.3, -0.25) is 0 Å². The number of carbonyl (C=O) groups is 1. The molecule has 2 N–H and O–H groups in total. The number of benzene rings is 3. The fourth-order valence-corrected chi connectivity index (χ4v) is 3.12. The van der Waals surface area contributed by atoms with Gasteiger partial charge in [0.15, 0.2) is 5.69 Å². The number of aromatic nitrogens is 1. The molecule has 0 fully saturated rings. The zero-order chi connectivity index (χ0) is 19.5. The Balaban J connectivity index is 1.87. The van der Waals surface area contributed by atoms with E-state index < -0.39 is 5.97 Å². The summed E-state index contributed by atoms with van der Waals surface area (Å²) in [5.41, 5.74) is 2.70. The highest BCUT2D eigenvalue weighted by Crippen LogP contribution is 2.39. The Morgan fingerprint density at radius 2 is 1.61 bits per heavy atom. The second-order valence-electron chi connectivity index (χ2n) is 6.31. The van der Waals surface area contributed by atoms with Gasteiger partial charge < -0.3 is 14.9 Å². The monoisotopic (exact) mass is 371 g/mol. The zero-order valence-corrected chi connectivity index (χ0v) is 14.9. The van der Waals surface area contributed by atoms with E-state index in [1.165, 1.54) is 0 Å². The zero-order valence-electron chi connectivity index (χ0n) is 14.9. The number of carboxylic acids is 1. The number of aromatic carboxylic acids is 1. The predicted octanol–water partition coefficient (Wildman–Crippen LogP) is 4.88. The number of ether oxygens (including phenoxy) is 1. The molecule has 4 rings (SSSR count). The summed E-state index contributed by atoms with van der Waals surface area (Å²) in [5, 5.41) is 20.4. The van der Waals surface area contributed by atoms with Crippen LogP contribution in [-0.4, -0.2) is 21.2 Å². The normalized spacial score (nSPS) is 10.7. The molecule has 0 unspecified atom stereocenters. The van der Waals surface area contributed by atoms with E-state index in [1.54, 1.807) is 6.07 Å². The van der Waals surface area contributed by atoms with E-state index in [1.807, 2.05) is 66.7 Å². The molecule has 0 spiro atoms. The lowest BCUT2D eigenvalue weighted by molar-refractivity contribution is 0.0690. The molecule has 0 atom stereocenters. The van der Waals surface area contributed by atoms with Crippen LogP contribution in [0.1, 0.15) is 16.1 Å². The van der Waals surface area contributed by atoms with Crippen molar-refractivity contribution < 1.29 is 19.7 Å². The van der Waals surface area contributed by atoms with Crippen LogP contribution in [0.3, 0.4) is 0 Å². The van der Waals surface area contributed by atoms with Crippen molar-refractivity contribution >= 4 is 16.9 Å². The summed E-state index contributed by atoms with van der Waals surface area (Å²) < 4.78 is 5.92. The van der Waals surface area contributed by atoms with E-state index in [2.05, 4.69) is 4.98 Å². The first-order valence-electron chi connectivity index (χ1n) is 8.75. The lowest BCUT2D eigenvalue weighted by Gasteiger charge is -2.14. The fourth-order valence-electron chi connectivity index (χ4n) is 3.12. The maximum Gasteiger partial charge on any atom is 0.354 e. The third-order valence-electron chi connectivity index (χ3n) is 4.44. The van der Waals surface area contributed by atoms with Crippen molar-refractivity contribution in [2.45, 2.75) is 6.61 Å². The first-order chi connectivity index (χ1) is 13.6. The Morgan fingerprint density at radius 1 is 0.929 bits per heavy atom. The maximum atomic E-state index is 11.4. The van der Waals surface area contributed by atoms with Crippen molar-refractivity contribution in [2.75, 3.05) is 0 Å². The molecule has 0 aliphatic rings. The van der Waals surface area contributed by atoms with Crippen molar-refractivity contribution in [1.29, 1.82) is 0 Å². The molecule has 1 heterocycles. The highest BCUT2D eigenvalue weighted by molar-refractivity contribution is 6.03. The Bertz CT molecular complexity index is 1140. The van der Waals surface area contributed by atoms with E-state index in [-0.39, 0.29) is 11.4 Å². The molecule has 3 aromatic carbocycles. The summed E-state index contributed by atoms with van der Waals surface area (Å²) in [6.45, 7) is 0.306. The average molecular weight is 371 g/mol. The Morgan fingerprint density at radius 3 is 2.29 bits per heavy atom. The largest absolute Gasteiger partial charge is 0.507 e. The van der Waals surface area contributed by atoms with Crippen LogP contribution in [0.4, 0.5) is 0 Å². The lowest BCUT2D eigenvalue weighted by Crippen LogP contribution is -2.03. The van der Waals surface area contributed by atoms with Crippen LogP contribution >= 0.6 is 0 Å². The van der Waals surface area contributed by atoms with Crippen molar-refractivity contribution in [1.82, 2.24) is 4.98 Å². The number of fused-ring (bicyclic) bond motifs is 1. The second-order valence-corrected chi connectivity index (χ2v) is 6.31. The average Bonchev–Trinajstić information content (AvgIpc) is 2.73. The molecule has 0 saturated carbocycles. The summed E-state index contributed by atoms with van der Waals surface area (Å²) in [5.74, 6) is -0.945. The third kappa shape index (κ3) is 3.38. The smallest absolute Gasteiger partial charge is 0.354 e. The molecule has 5 nitrogen and oxygen atoms in total. The maximum absolute atomic E-state index is 11.4. The van der Waals surface area contributed by atoms with Gasteiger partial charge >= 0.3 is 5.97 Å². The molecule has 0 saturated heterocycles. The number of aromatic hydroxyl groups is 1.